The lowest BCUT2D eigenvalue weighted by atomic mass is 10.3. The Morgan fingerprint density at radius 1 is 1.44 bits per heavy atom. The third-order valence-corrected chi connectivity index (χ3v) is 2.80. The molecule has 1 aliphatic heterocycles. The Labute approximate surface area is 100 Å². The van der Waals surface area contributed by atoms with E-state index < -0.39 is 0 Å². The minimum Gasteiger partial charge on any atom is -0.497 e. The maximum Gasteiger partial charge on any atom is 0.203 e. The molecule has 1 aliphatic rings. The second kappa shape index (κ2) is 4.22. The van der Waals surface area contributed by atoms with Gasteiger partial charge in [0.2, 0.25) is 5.95 Å². The monoisotopic (exact) mass is 239 g/mol. The van der Waals surface area contributed by atoms with Crippen molar-refractivity contribution < 1.29 is 4.74 Å². The summed E-state index contributed by atoms with van der Waals surface area (Å²) in [6.07, 6.45) is 1.15. The molecular weight excluding hydrogens is 226 g/mol. The predicted molar refractivity (Wildman–Crippen MR) is 66.6 cm³/mol. The van der Waals surface area contributed by atoms with Crippen LogP contribution in [0.2, 0.25) is 0 Å². The second-order valence-corrected chi connectivity index (χ2v) is 3.72. The van der Waals surface area contributed by atoms with E-state index in [1.807, 2.05) is 18.2 Å². The normalized spacial score (nSPS) is 13.8. The van der Waals surface area contributed by atoms with Gasteiger partial charge < -0.3 is 14.6 Å². The van der Waals surface area contributed by atoms with Crippen molar-refractivity contribution in [1.29, 1.82) is 0 Å². The van der Waals surface area contributed by atoms with Crippen LogP contribution < -0.4 is 10.1 Å². The SMILES string of the molecule is COc1ccc2nc3n(c2c1)CCCN3.Cl. The molecule has 1 aromatic carbocycles. The largest absolute Gasteiger partial charge is 0.497 e. The van der Waals surface area contributed by atoms with Crippen molar-refractivity contribution in [3.05, 3.63) is 18.2 Å². The zero-order valence-corrected chi connectivity index (χ0v) is 9.88. The van der Waals surface area contributed by atoms with Crippen LogP contribution >= 0.6 is 12.4 Å². The fourth-order valence-corrected chi connectivity index (χ4v) is 2.03. The van der Waals surface area contributed by atoms with Crippen LogP contribution in [0.5, 0.6) is 5.75 Å². The number of hydrogen-bond donors (Lipinski definition) is 1. The molecule has 1 aromatic heterocycles. The number of rotatable bonds is 1. The summed E-state index contributed by atoms with van der Waals surface area (Å²) in [5.41, 5.74) is 2.18. The average molecular weight is 240 g/mol. The molecule has 4 nitrogen and oxygen atoms in total. The summed E-state index contributed by atoms with van der Waals surface area (Å²) in [6.45, 7) is 2.05. The summed E-state index contributed by atoms with van der Waals surface area (Å²) in [5, 5.41) is 3.30. The lowest BCUT2D eigenvalue weighted by molar-refractivity contribution is 0.415. The van der Waals surface area contributed by atoms with Crippen LogP contribution in [-0.2, 0) is 6.54 Å². The molecule has 0 spiro atoms. The number of nitrogens with one attached hydrogen (secondary N) is 1. The van der Waals surface area contributed by atoms with Crippen molar-refractivity contribution in [2.45, 2.75) is 13.0 Å². The minimum absolute atomic E-state index is 0. The van der Waals surface area contributed by atoms with Gasteiger partial charge in [-0.15, -0.1) is 12.4 Å². The molecule has 0 unspecified atom stereocenters. The van der Waals surface area contributed by atoms with Gasteiger partial charge in [-0.3, -0.25) is 0 Å². The predicted octanol–water partition coefficient (Wildman–Crippen LogP) is 2.28. The van der Waals surface area contributed by atoms with Crippen LogP contribution in [0.15, 0.2) is 18.2 Å². The quantitative estimate of drug-likeness (QED) is 0.830. The maximum atomic E-state index is 5.22. The standard InChI is InChI=1S/C11H13N3O.ClH/c1-15-8-3-4-9-10(7-8)14-6-2-5-12-11(14)13-9;/h3-4,7H,2,5-6H2,1H3,(H,12,13);1H. The summed E-state index contributed by atoms with van der Waals surface area (Å²) in [7, 11) is 1.69. The Morgan fingerprint density at radius 3 is 3.12 bits per heavy atom. The molecule has 2 heterocycles. The van der Waals surface area contributed by atoms with Crippen LogP contribution in [-0.4, -0.2) is 23.2 Å². The zero-order chi connectivity index (χ0) is 10.3. The molecule has 0 amide bonds. The number of hydrogen-bond acceptors (Lipinski definition) is 3. The van der Waals surface area contributed by atoms with Crippen molar-refractivity contribution in [3.63, 3.8) is 0 Å². The van der Waals surface area contributed by atoms with E-state index in [0.29, 0.717) is 0 Å². The minimum atomic E-state index is 0. The highest BCUT2D eigenvalue weighted by Crippen LogP contribution is 2.26. The fourth-order valence-electron chi connectivity index (χ4n) is 2.03. The van der Waals surface area contributed by atoms with Gasteiger partial charge >= 0.3 is 0 Å². The number of aryl methyl sites for hydroxylation is 1. The molecule has 0 saturated heterocycles. The van der Waals surface area contributed by atoms with E-state index in [1.165, 1.54) is 0 Å². The molecule has 3 rings (SSSR count). The Hall–Kier alpha value is -1.42. The smallest absolute Gasteiger partial charge is 0.203 e. The molecule has 0 fully saturated rings. The van der Waals surface area contributed by atoms with Crippen LogP contribution in [0.3, 0.4) is 0 Å². The molecule has 0 saturated carbocycles. The molecule has 0 aliphatic carbocycles. The number of ether oxygens (including phenoxy) is 1. The first-order valence-electron chi connectivity index (χ1n) is 5.16. The highest BCUT2D eigenvalue weighted by molar-refractivity contribution is 5.85. The summed E-state index contributed by atoms with van der Waals surface area (Å²) in [6, 6.07) is 5.99. The third kappa shape index (κ3) is 1.59. The van der Waals surface area contributed by atoms with Gasteiger partial charge in [0.25, 0.3) is 0 Å². The summed E-state index contributed by atoms with van der Waals surface area (Å²) >= 11 is 0. The number of benzene rings is 1. The van der Waals surface area contributed by atoms with E-state index in [9.17, 15) is 0 Å². The molecule has 16 heavy (non-hydrogen) atoms. The first-order chi connectivity index (χ1) is 7.38. The number of methoxy groups -OCH3 is 1. The van der Waals surface area contributed by atoms with E-state index in [-0.39, 0.29) is 12.4 Å². The number of halogens is 1. The van der Waals surface area contributed by atoms with Gasteiger partial charge in [0.15, 0.2) is 0 Å². The highest BCUT2D eigenvalue weighted by atomic mass is 35.5. The number of nitrogens with zero attached hydrogens (tertiary/aromatic N) is 2. The molecule has 86 valence electrons. The van der Waals surface area contributed by atoms with E-state index >= 15 is 0 Å². The van der Waals surface area contributed by atoms with E-state index in [4.69, 9.17) is 4.74 Å². The average Bonchev–Trinajstić information content (AvgIpc) is 2.66. The van der Waals surface area contributed by atoms with Crippen LogP contribution in [0.25, 0.3) is 11.0 Å². The van der Waals surface area contributed by atoms with E-state index in [0.717, 1.165) is 42.2 Å². The van der Waals surface area contributed by atoms with Gasteiger partial charge in [0.1, 0.15) is 5.75 Å². The third-order valence-electron chi connectivity index (χ3n) is 2.80. The number of fused-ring (bicyclic) bond motifs is 3. The molecule has 0 radical (unpaired) electrons. The second-order valence-electron chi connectivity index (χ2n) is 3.72. The molecule has 0 bridgehead atoms. The van der Waals surface area contributed by atoms with Gasteiger partial charge in [-0.1, -0.05) is 0 Å². The van der Waals surface area contributed by atoms with Crippen LogP contribution in [0.1, 0.15) is 6.42 Å². The lowest BCUT2D eigenvalue weighted by Crippen LogP contribution is -2.16. The van der Waals surface area contributed by atoms with Crippen molar-refractivity contribution in [3.8, 4) is 5.75 Å². The molecular formula is C11H14ClN3O. The van der Waals surface area contributed by atoms with Crippen molar-refractivity contribution >= 4 is 29.4 Å². The zero-order valence-electron chi connectivity index (χ0n) is 9.06. The highest BCUT2D eigenvalue weighted by Gasteiger charge is 2.13. The Morgan fingerprint density at radius 2 is 2.31 bits per heavy atom. The Bertz CT molecular complexity index is 509. The van der Waals surface area contributed by atoms with Gasteiger partial charge in [-0.25, -0.2) is 4.98 Å². The van der Waals surface area contributed by atoms with Gasteiger partial charge in [0.05, 0.1) is 18.1 Å². The van der Waals surface area contributed by atoms with Gasteiger partial charge in [-0.2, -0.15) is 0 Å². The number of aromatic nitrogens is 2. The number of imidazole rings is 1. The maximum absolute atomic E-state index is 5.22. The summed E-state index contributed by atoms with van der Waals surface area (Å²) in [4.78, 5) is 4.52. The van der Waals surface area contributed by atoms with Crippen molar-refractivity contribution in [1.82, 2.24) is 9.55 Å². The molecule has 2 aromatic rings. The molecule has 1 N–H and O–H groups in total. The van der Waals surface area contributed by atoms with Gasteiger partial charge in [-0.05, 0) is 18.6 Å². The van der Waals surface area contributed by atoms with Crippen molar-refractivity contribution in [2.24, 2.45) is 0 Å². The Kier molecular flexibility index (Phi) is 2.92. The molecule has 5 heteroatoms. The van der Waals surface area contributed by atoms with E-state index in [2.05, 4.69) is 14.9 Å². The van der Waals surface area contributed by atoms with Gasteiger partial charge in [0, 0.05) is 19.2 Å². The topological polar surface area (TPSA) is 39.1 Å². The Balaban J connectivity index is 0.000000963. The van der Waals surface area contributed by atoms with Crippen LogP contribution in [0.4, 0.5) is 5.95 Å². The summed E-state index contributed by atoms with van der Waals surface area (Å²) < 4.78 is 7.43. The first-order valence-corrected chi connectivity index (χ1v) is 5.16. The van der Waals surface area contributed by atoms with Crippen LogP contribution in [0, 0.1) is 0 Å². The molecule has 0 atom stereocenters. The summed E-state index contributed by atoms with van der Waals surface area (Å²) in [5.74, 6) is 1.86. The number of anilines is 1. The van der Waals surface area contributed by atoms with E-state index in [1.54, 1.807) is 7.11 Å². The lowest BCUT2D eigenvalue weighted by Gasteiger charge is -2.15. The first kappa shape index (κ1) is 11.1. The fraction of sp³-hybridized carbons (Fsp3) is 0.364. The van der Waals surface area contributed by atoms with Crippen molar-refractivity contribution in [2.75, 3.05) is 19.0 Å².